The number of ether oxygens (including phenoxy) is 1. The standard InChI is InChI=1S/C24H26N2O4/c1-29-18-11-9-17(10-12-18)20(26-13-5-2-6-14-26)16-25-24(28)23-15-21(27)19-7-3-4-8-22(19)30-23/h3-4,7-12,15,20H,2,5-6,13-14,16H2,1H3,(H,25,28)/t20-/m1/s1. The number of nitrogens with zero attached hydrogens (tertiary/aromatic N) is 1. The fourth-order valence-electron chi connectivity index (χ4n) is 4.01. The third-order valence-electron chi connectivity index (χ3n) is 5.65. The molecule has 0 bridgehead atoms. The van der Waals surface area contributed by atoms with Gasteiger partial charge >= 0.3 is 0 Å². The van der Waals surface area contributed by atoms with Crippen molar-refractivity contribution in [3.05, 3.63) is 76.1 Å². The summed E-state index contributed by atoms with van der Waals surface area (Å²) in [5.74, 6) is 0.456. The van der Waals surface area contributed by atoms with Gasteiger partial charge in [0.2, 0.25) is 0 Å². The van der Waals surface area contributed by atoms with E-state index in [1.165, 1.54) is 12.5 Å². The Morgan fingerprint density at radius 2 is 1.83 bits per heavy atom. The second-order valence-electron chi connectivity index (χ2n) is 7.57. The summed E-state index contributed by atoms with van der Waals surface area (Å²) < 4.78 is 10.9. The summed E-state index contributed by atoms with van der Waals surface area (Å²) in [6, 6.07) is 16.2. The van der Waals surface area contributed by atoms with Gasteiger partial charge in [0.25, 0.3) is 5.91 Å². The third kappa shape index (κ3) is 4.39. The number of nitrogens with one attached hydrogen (secondary N) is 1. The molecule has 2 heterocycles. The van der Waals surface area contributed by atoms with Crippen LogP contribution in [-0.4, -0.2) is 37.6 Å². The summed E-state index contributed by atoms with van der Waals surface area (Å²) in [5, 5.41) is 3.44. The van der Waals surface area contributed by atoms with Gasteiger partial charge in [-0.05, 0) is 55.8 Å². The first-order valence-corrected chi connectivity index (χ1v) is 10.3. The zero-order valence-electron chi connectivity index (χ0n) is 17.1. The molecule has 6 nitrogen and oxygen atoms in total. The van der Waals surface area contributed by atoms with Crippen LogP contribution in [0.5, 0.6) is 5.75 Å². The first-order chi connectivity index (χ1) is 14.7. The molecule has 0 saturated carbocycles. The fourth-order valence-corrected chi connectivity index (χ4v) is 4.01. The van der Waals surface area contributed by atoms with Gasteiger partial charge in [-0.2, -0.15) is 0 Å². The number of hydrogen-bond acceptors (Lipinski definition) is 5. The van der Waals surface area contributed by atoms with Crippen LogP contribution in [-0.2, 0) is 0 Å². The van der Waals surface area contributed by atoms with Gasteiger partial charge in [0.15, 0.2) is 11.2 Å². The number of para-hydroxylation sites is 1. The number of carbonyl (C=O) groups is 1. The lowest BCUT2D eigenvalue weighted by Gasteiger charge is -2.35. The predicted octanol–water partition coefficient (Wildman–Crippen LogP) is 3.76. The maximum atomic E-state index is 12.8. The molecule has 4 rings (SSSR count). The normalized spacial score (nSPS) is 15.6. The van der Waals surface area contributed by atoms with Gasteiger partial charge in [-0.25, -0.2) is 0 Å². The SMILES string of the molecule is COc1ccc([C@@H](CNC(=O)c2cc(=O)c3ccccc3o2)N2CCCCC2)cc1. The van der Waals surface area contributed by atoms with Crippen LogP contribution in [0, 0.1) is 0 Å². The predicted molar refractivity (Wildman–Crippen MR) is 116 cm³/mol. The second kappa shape index (κ2) is 9.13. The van der Waals surface area contributed by atoms with E-state index in [-0.39, 0.29) is 23.1 Å². The van der Waals surface area contributed by atoms with Crippen molar-refractivity contribution in [1.82, 2.24) is 10.2 Å². The van der Waals surface area contributed by atoms with Gasteiger partial charge in [0, 0.05) is 12.6 Å². The Hall–Kier alpha value is -3.12. The van der Waals surface area contributed by atoms with Gasteiger partial charge < -0.3 is 14.5 Å². The molecule has 6 heteroatoms. The van der Waals surface area contributed by atoms with Gasteiger partial charge in [0.1, 0.15) is 11.3 Å². The molecule has 1 aliphatic rings. The molecular weight excluding hydrogens is 380 g/mol. The van der Waals surface area contributed by atoms with Crippen molar-refractivity contribution in [3.63, 3.8) is 0 Å². The highest BCUT2D eigenvalue weighted by atomic mass is 16.5. The number of benzene rings is 2. The zero-order valence-corrected chi connectivity index (χ0v) is 17.1. The van der Waals surface area contributed by atoms with Crippen molar-refractivity contribution >= 4 is 16.9 Å². The first kappa shape index (κ1) is 20.2. The van der Waals surface area contributed by atoms with E-state index in [1.54, 1.807) is 31.4 Å². The van der Waals surface area contributed by atoms with Crippen LogP contribution >= 0.6 is 0 Å². The number of rotatable bonds is 6. The molecule has 3 aromatic rings. The molecule has 1 aliphatic heterocycles. The molecule has 1 atom stereocenters. The van der Waals surface area contributed by atoms with Crippen LogP contribution < -0.4 is 15.5 Å². The van der Waals surface area contributed by atoms with E-state index >= 15 is 0 Å². The Morgan fingerprint density at radius 1 is 1.10 bits per heavy atom. The summed E-state index contributed by atoms with van der Waals surface area (Å²) in [7, 11) is 1.65. The van der Waals surface area contributed by atoms with Gasteiger partial charge in [-0.3, -0.25) is 14.5 Å². The summed E-state index contributed by atoms with van der Waals surface area (Å²) in [6.07, 6.45) is 3.54. The molecular formula is C24H26N2O4. The van der Waals surface area contributed by atoms with E-state index in [9.17, 15) is 9.59 Å². The highest BCUT2D eigenvalue weighted by Gasteiger charge is 2.24. The van der Waals surface area contributed by atoms with Crippen molar-refractivity contribution in [2.75, 3.05) is 26.7 Å². The van der Waals surface area contributed by atoms with Crippen LogP contribution in [0.4, 0.5) is 0 Å². The van der Waals surface area contributed by atoms with Crippen LogP contribution in [0.1, 0.15) is 41.4 Å². The number of fused-ring (bicyclic) bond motifs is 1. The molecule has 1 saturated heterocycles. The molecule has 1 fully saturated rings. The van der Waals surface area contributed by atoms with Crippen LogP contribution in [0.25, 0.3) is 11.0 Å². The Labute approximate surface area is 175 Å². The van der Waals surface area contributed by atoms with E-state index < -0.39 is 0 Å². The van der Waals surface area contributed by atoms with Crippen molar-refractivity contribution in [2.24, 2.45) is 0 Å². The smallest absolute Gasteiger partial charge is 0.287 e. The average molecular weight is 406 g/mol. The summed E-state index contributed by atoms with van der Waals surface area (Å²) in [6.45, 7) is 2.43. The van der Waals surface area contributed by atoms with E-state index in [0.29, 0.717) is 17.5 Å². The molecule has 0 unspecified atom stereocenters. The number of likely N-dealkylation sites (tertiary alicyclic amines) is 1. The molecule has 1 amide bonds. The zero-order chi connectivity index (χ0) is 20.9. The highest BCUT2D eigenvalue weighted by molar-refractivity contribution is 5.93. The van der Waals surface area contributed by atoms with Crippen LogP contribution in [0.15, 0.2) is 63.8 Å². The van der Waals surface area contributed by atoms with Crippen molar-refractivity contribution in [1.29, 1.82) is 0 Å². The van der Waals surface area contributed by atoms with Crippen molar-refractivity contribution in [2.45, 2.75) is 25.3 Å². The maximum Gasteiger partial charge on any atom is 0.287 e. The highest BCUT2D eigenvalue weighted by Crippen LogP contribution is 2.26. The van der Waals surface area contributed by atoms with E-state index in [0.717, 1.165) is 37.2 Å². The Morgan fingerprint density at radius 3 is 2.57 bits per heavy atom. The topological polar surface area (TPSA) is 71.8 Å². The number of methoxy groups -OCH3 is 1. The van der Waals surface area contributed by atoms with Crippen molar-refractivity contribution in [3.8, 4) is 5.75 Å². The van der Waals surface area contributed by atoms with Gasteiger partial charge in [-0.1, -0.05) is 30.7 Å². The monoisotopic (exact) mass is 406 g/mol. The molecule has 0 aliphatic carbocycles. The molecule has 1 N–H and O–H groups in total. The number of piperidine rings is 1. The minimum atomic E-state index is -0.381. The summed E-state index contributed by atoms with van der Waals surface area (Å²) in [4.78, 5) is 27.5. The fraction of sp³-hybridized carbons (Fsp3) is 0.333. The average Bonchev–Trinajstić information content (AvgIpc) is 2.80. The maximum absolute atomic E-state index is 12.8. The van der Waals surface area contributed by atoms with E-state index in [4.69, 9.17) is 9.15 Å². The van der Waals surface area contributed by atoms with Gasteiger partial charge in [0.05, 0.1) is 18.5 Å². The number of amides is 1. The first-order valence-electron chi connectivity index (χ1n) is 10.3. The minimum absolute atomic E-state index is 0.0332. The lowest BCUT2D eigenvalue weighted by atomic mass is 10.0. The molecule has 0 spiro atoms. The van der Waals surface area contributed by atoms with E-state index in [1.807, 2.05) is 24.3 Å². The largest absolute Gasteiger partial charge is 0.497 e. The number of hydrogen-bond donors (Lipinski definition) is 1. The molecule has 2 aromatic carbocycles. The molecule has 1 aromatic heterocycles. The Bertz CT molecular complexity index is 1070. The Balaban J connectivity index is 1.54. The lowest BCUT2D eigenvalue weighted by molar-refractivity contribution is 0.0897. The quantitative estimate of drug-likeness (QED) is 0.675. The second-order valence-corrected chi connectivity index (χ2v) is 7.57. The van der Waals surface area contributed by atoms with Crippen molar-refractivity contribution < 1.29 is 13.9 Å². The van der Waals surface area contributed by atoms with Crippen LogP contribution in [0.2, 0.25) is 0 Å². The minimum Gasteiger partial charge on any atom is -0.497 e. The summed E-state index contributed by atoms with van der Waals surface area (Å²) in [5.41, 5.74) is 1.32. The number of carbonyl (C=O) groups excluding carboxylic acids is 1. The van der Waals surface area contributed by atoms with E-state index in [2.05, 4.69) is 10.2 Å². The van der Waals surface area contributed by atoms with Gasteiger partial charge in [-0.15, -0.1) is 0 Å². The molecule has 0 radical (unpaired) electrons. The third-order valence-corrected chi connectivity index (χ3v) is 5.65. The lowest BCUT2D eigenvalue weighted by Crippen LogP contribution is -2.40. The van der Waals surface area contributed by atoms with Crippen LogP contribution in [0.3, 0.4) is 0 Å². The Kier molecular flexibility index (Phi) is 6.14. The molecule has 156 valence electrons. The molecule has 30 heavy (non-hydrogen) atoms. The summed E-state index contributed by atoms with van der Waals surface area (Å²) >= 11 is 0.